The monoisotopic (exact) mass is 446 g/mol. The minimum Gasteiger partial charge on any atom is -0.550 e. The first-order valence-corrected chi connectivity index (χ1v) is 9.91. The Morgan fingerprint density at radius 3 is 2.44 bits per heavy atom. The molecule has 3 aromatic rings. The number of aliphatic carboxylic acids is 1. The van der Waals surface area contributed by atoms with Gasteiger partial charge in [0.25, 0.3) is 5.82 Å². The number of aromatic nitrogens is 2. The van der Waals surface area contributed by atoms with Crippen LogP contribution in [-0.2, 0) is 24.3 Å². The molecule has 0 N–H and O–H groups in total. The van der Waals surface area contributed by atoms with Gasteiger partial charge in [0, 0.05) is 21.0 Å². The summed E-state index contributed by atoms with van der Waals surface area (Å²) in [7, 11) is 0. The maximum Gasteiger partial charge on any atom is 0.257 e. The molecule has 0 unspecified atom stereocenters. The zero-order chi connectivity index (χ0) is 19.4. The molecule has 0 atom stereocenters. The quantitative estimate of drug-likeness (QED) is 0.576. The second-order valence-electron chi connectivity index (χ2n) is 6.44. The maximum atomic E-state index is 8.89. The Bertz CT molecular complexity index is 930. The number of nitrogens with zero attached hydrogens (tertiary/aromatic N) is 2. The van der Waals surface area contributed by atoms with Crippen LogP contribution < -0.4 is 9.67 Å². The number of carboxylic acids is 1. The van der Waals surface area contributed by atoms with E-state index in [4.69, 9.17) is 21.5 Å². The molecule has 140 valence electrons. The first-order chi connectivity index (χ1) is 12.9. The summed E-state index contributed by atoms with van der Waals surface area (Å²) in [6.07, 6.45) is 4.64. The van der Waals surface area contributed by atoms with Crippen LogP contribution in [0.2, 0.25) is 5.02 Å². The van der Waals surface area contributed by atoms with Gasteiger partial charge in [-0.1, -0.05) is 39.7 Å². The molecular formula is C21H20BrClN2O2. The number of fused-ring (bicyclic) bond motifs is 1. The van der Waals surface area contributed by atoms with Crippen molar-refractivity contribution in [1.29, 1.82) is 0 Å². The average molecular weight is 448 g/mol. The minimum atomic E-state index is -1.08. The van der Waals surface area contributed by atoms with Crippen molar-refractivity contribution in [2.75, 3.05) is 0 Å². The highest BCUT2D eigenvalue weighted by Crippen LogP contribution is 2.26. The number of imidazole rings is 1. The van der Waals surface area contributed by atoms with Gasteiger partial charge in [-0.3, -0.25) is 0 Å². The zero-order valence-electron chi connectivity index (χ0n) is 15.0. The van der Waals surface area contributed by atoms with E-state index in [2.05, 4.69) is 67.7 Å². The Balaban J connectivity index is 0.000000481. The van der Waals surface area contributed by atoms with Crippen molar-refractivity contribution in [2.24, 2.45) is 0 Å². The van der Waals surface area contributed by atoms with E-state index in [1.165, 1.54) is 29.1 Å². The van der Waals surface area contributed by atoms with E-state index < -0.39 is 5.97 Å². The molecule has 2 heterocycles. The van der Waals surface area contributed by atoms with Gasteiger partial charge in [0.15, 0.2) is 5.69 Å². The fraction of sp³-hybridized carbons (Fsp3) is 0.238. The molecule has 0 saturated carbocycles. The predicted molar refractivity (Wildman–Crippen MR) is 107 cm³/mol. The molecular weight excluding hydrogens is 428 g/mol. The molecule has 4 nitrogen and oxygen atoms in total. The van der Waals surface area contributed by atoms with Gasteiger partial charge >= 0.3 is 0 Å². The standard InChI is InChI=1S/C19H17BrClN2.C2H4O2/c20-16-7-3-14(4-8-16)12-22-13-18(23-11-1-2-19(22)23)15-5-9-17(21)10-6-15;1-2(3)4/h3-10,13H,1-2,11-12H2;1H3,(H,3,4)/q+1;/p-1. The Morgan fingerprint density at radius 2 is 1.81 bits per heavy atom. The molecule has 0 bridgehead atoms. The van der Waals surface area contributed by atoms with E-state index in [0.29, 0.717) is 0 Å². The number of carbonyl (C=O) groups excluding carboxylic acids is 1. The summed E-state index contributed by atoms with van der Waals surface area (Å²) < 4.78 is 5.96. The molecule has 0 fully saturated rings. The van der Waals surface area contributed by atoms with Crippen LogP contribution in [0.4, 0.5) is 0 Å². The van der Waals surface area contributed by atoms with Gasteiger partial charge in [0.2, 0.25) is 0 Å². The minimum absolute atomic E-state index is 0.782. The number of carbonyl (C=O) groups is 1. The average Bonchev–Trinajstić information content (AvgIpc) is 3.21. The van der Waals surface area contributed by atoms with E-state index in [1.807, 2.05) is 12.1 Å². The molecule has 0 spiro atoms. The summed E-state index contributed by atoms with van der Waals surface area (Å²) in [6, 6.07) is 16.7. The summed E-state index contributed by atoms with van der Waals surface area (Å²) in [4.78, 5) is 8.89. The van der Waals surface area contributed by atoms with Gasteiger partial charge in [-0.2, -0.15) is 0 Å². The Morgan fingerprint density at radius 1 is 1.19 bits per heavy atom. The third-order valence-corrected chi connectivity index (χ3v) is 5.18. The van der Waals surface area contributed by atoms with E-state index in [1.54, 1.807) is 0 Å². The van der Waals surface area contributed by atoms with E-state index in [-0.39, 0.29) is 0 Å². The van der Waals surface area contributed by atoms with Crippen molar-refractivity contribution in [1.82, 2.24) is 4.57 Å². The van der Waals surface area contributed by atoms with Crippen molar-refractivity contribution in [3.05, 3.63) is 75.6 Å². The largest absolute Gasteiger partial charge is 0.550 e. The number of halogens is 2. The third kappa shape index (κ3) is 4.99. The molecule has 0 aliphatic carbocycles. The fourth-order valence-electron chi connectivity index (χ4n) is 3.28. The molecule has 0 saturated heterocycles. The topological polar surface area (TPSA) is 48.9 Å². The van der Waals surface area contributed by atoms with E-state index in [9.17, 15) is 0 Å². The second kappa shape index (κ2) is 8.72. The van der Waals surface area contributed by atoms with Crippen LogP contribution in [0.5, 0.6) is 0 Å². The Kier molecular flexibility index (Phi) is 6.34. The lowest BCUT2D eigenvalue weighted by Crippen LogP contribution is -2.36. The van der Waals surface area contributed by atoms with Crippen LogP contribution in [0.15, 0.2) is 59.2 Å². The lowest BCUT2D eigenvalue weighted by molar-refractivity contribution is -0.694. The fourth-order valence-corrected chi connectivity index (χ4v) is 3.67. The number of carboxylic acid groups (broad SMARTS) is 1. The van der Waals surface area contributed by atoms with Gasteiger partial charge in [-0.15, -0.1) is 0 Å². The van der Waals surface area contributed by atoms with Crippen LogP contribution >= 0.6 is 27.5 Å². The summed E-state index contributed by atoms with van der Waals surface area (Å²) in [5.41, 5.74) is 3.83. The Hall–Kier alpha value is -2.11. The molecule has 1 aliphatic heterocycles. The summed E-state index contributed by atoms with van der Waals surface area (Å²) in [5.74, 6) is 0.331. The van der Waals surface area contributed by atoms with Crippen LogP contribution in [0.25, 0.3) is 11.3 Å². The normalized spacial score (nSPS) is 12.3. The molecule has 1 aliphatic rings. The molecule has 4 rings (SSSR count). The lowest BCUT2D eigenvalue weighted by Gasteiger charge is -2.00. The second-order valence-corrected chi connectivity index (χ2v) is 7.79. The van der Waals surface area contributed by atoms with Crippen molar-refractivity contribution >= 4 is 33.5 Å². The molecule has 27 heavy (non-hydrogen) atoms. The number of hydrogen-bond acceptors (Lipinski definition) is 2. The van der Waals surface area contributed by atoms with Gasteiger partial charge in [-0.25, -0.2) is 9.13 Å². The van der Waals surface area contributed by atoms with Crippen LogP contribution in [0.3, 0.4) is 0 Å². The predicted octanol–water partition coefficient (Wildman–Crippen LogP) is 3.61. The van der Waals surface area contributed by atoms with Gasteiger partial charge in [0.1, 0.15) is 12.7 Å². The number of rotatable bonds is 3. The maximum absolute atomic E-state index is 8.89. The SMILES string of the molecule is CC(=O)[O-].Clc1ccc(-c2c[n+](Cc3ccc(Br)cc3)c3n2CCC3)cc1. The van der Waals surface area contributed by atoms with Crippen LogP contribution in [0.1, 0.15) is 24.7 Å². The van der Waals surface area contributed by atoms with Gasteiger partial charge < -0.3 is 9.90 Å². The first-order valence-electron chi connectivity index (χ1n) is 8.74. The number of hydrogen-bond donors (Lipinski definition) is 0. The van der Waals surface area contributed by atoms with Crippen molar-refractivity contribution in [3.8, 4) is 11.3 Å². The van der Waals surface area contributed by atoms with E-state index >= 15 is 0 Å². The van der Waals surface area contributed by atoms with Crippen molar-refractivity contribution < 1.29 is 14.5 Å². The highest BCUT2D eigenvalue weighted by atomic mass is 79.9. The van der Waals surface area contributed by atoms with Gasteiger partial charge in [-0.05, 0) is 55.3 Å². The number of benzene rings is 2. The van der Waals surface area contributed by atoms with E-state index in [0.717, 1.165) is 35.9 Å². The highest BCUT2D eigenvalue weighted by Gasteiger charge is 2.28. The Labute approximate surface area is 172 Å². The van der Waals surface area contributed by atoms with Crippen molar-refractivity contribution in [3.63, 3.8) is 0 Å². The lowest BCUT2D eigenvalue weighted by atomic mass is 10.1. The molecule has 0 radical (unpaired) electrons. The first kappa shape index (κ1) is 19.6. The van der Waals surface area contributed by atoms with Crippen LogP contribution in [-0.4, -0.2) is 10.5 Å². The zero-order valence-corrected chi connectivity index (χ0v) is 17.3. The smallest absolute Gasteiger partial charge is 0.257 e. The third-order valence-electron chi connectivity index (χ3n) is 4.40. The summed E-state index contributed by atoms with van der Waals surface area (Å²) in [5, 5.41) is 9.67. The molecule has 2 aromatic carbocycles. The molecule has 6 heteroatoms. The van der Waals surface area contributed by atoms with Crippen LogP contribution in [0, 0.1) is 0 Å². The summed E-state index contributed by atoms with van der Waals surface area (Å²) >= 11 is 9.53. The summed E-state index contributed by atoms with van der Waals surface area (Å²) in [6.45, 7) is 2.98. The highest BCUT2D eigenvalue weighted by molar-refractivity contribution is 9.10. The van der Waals surface area contributed by atoms with Gasteiger partial charge in [0.05, 0.1) is 13.0 Å². The molecule has 0 amide bonds. The van der Waals surface area contributed by atoms with Crippen molar-refractivity contribution in [2.45, 2.75) is 32.9 Å². The molecule has 1 aromatic heterocycles.